The molecule has 0 aliphatic heterocycles. The number of allylic oxidation sites excluding steroid dienone is 1. The molecule has 0 aliphatic rings. The zero-order valence-corrected chi connectivity index (χ0v) is 15.1. The van der Waals surface area contributed by atoms with Crippen molar-refractivity contribution in [3.63, 3.8) is 0 Å². The van der Waals surface area contributed by atoms with Crippen LogP contribution >= 0.6 is 56.8 Å². The molecular formula is C15H8ClI2NO. The Morgan fingerprint density at radius 3 is 2.40 bits per heavy atom. The summed E-state index contributed by atoms with van der Waals surface area (Å²) in [6.45, 7) is 0. The maximum Gasteiger partial charge on any atom is 0.142 e. The first-order chi connectivity index (χ1) is 9.51. The van der Waals surface area contributed by atoms with Gasteiger partial charge in [-0.3, -0.25) is 0 Å². The Labute approximate surface area is 149 Å². The summed E-state index contributed by atoms with van der Waals surface area (Å²) in [5, 5.41) is 19.7. The van der Waals surface area contributed by atoms with Gasteiger partial charge in [0.15, 0.2) is 0 Å². The minimum absolute atomic E-state index is 0.268. The second kappa shape index (κ2) is 6.78. The van der Waals surface area contributed by atoms with E-state index in [1.165, 1.54) is 0 Å². The second-order valence-electron chi connectivity index (χ2n) is 4.01. The van der Waals surface area contributed by atoms with Gasteiger partial charge in [0.1, 0.15) is 5.75 Å². The number of nitriles is 1. The van der Waals surface area contributed by atoms with Gasteiger partial charge in [-0.25, -0.2) is 0 Å². The topological polar surface area (TPSA) is 44.0 Å². The number of nitrogens with zero attached hydrogens (tertiary/aromatic N) is 1. The Bertz CT molecular complexity index is 712. The molecule has 20 heavy (non-hydrogen) atoms. The van der Waals surface area contributed by atoms with Crippen LogP contribution in [0.3, 0.4) is 0 Å². The first-order valence-electron chi connectivity index (χ1n) is 5.57. The molecule has 0 fully saturated rings. The summed E-state index contributed by atoms with van der Waals surface area (Å²) in [5.41, 5.74) is 2.18. The van der Waals surface area contributed by atoms with Crippen LogP contribution in [0.25, 0.3) is 11.6 Å². The molecule has 0 saturated heterocycles. The molecule has 0 bridgehead atoms. The van der Waals surface area contributed by atoms with E-state index < -0.39 is 0 Å². The van der Waals surface area contributed by atoms with Gasteiger partial charge in [0, 0.05) is 5.02 Å². The molecule has 2 aromatic rings. The van der Waals surface area contributed by atoms with Crippen molar-refractivity contribution < 1.29 is 5.11 Å². The fraction of sp³-hybridized carbons (Fsp3) is 0. The molecule has 2 rings (SSSR count). The van der Waals surface area contributed by atoms with E-state index in [2.05, 4.69) is 51.3 Å². The molecule has 2 nitrogen and oxygen atoms in total. The Balaban J connectivity index is 2.50. The molecule has 2 aromatic carbocycles. The number of phenolic OH excluding ortho intramolecular Hbond substituents is 1. The van der Waals surface area contributed by atoms with Crippen LogP contribution in [0.1, 0.15) is 11.1 Å². The molecule has 0 unspecified atom stereocenters. The van der Waals surface area contributed by atoms with Gasteiger partial charge in [-0.2, -0.15) is 5.26 Å². The normalized spacial score (nSPS) is 11.2. The number of phenols is 1. The lowest BCUT2D eigenvalue weighted by Crippen LogP contribution is -1.85. The number of benzene rings is 2. The molecular weight excluding hydrogens is 499 g/mol. The lowest BCUT2D eigenvalue weighted by Gasteiger charge is -2.04. The Morgan fingerprint density at radius 2 is 1.85 bits per heavy atom. The van der Waals surface area contributed by atoms with Gasteiger partial charge in [0.25, 0.3) is 0 Å². The van der Waals surface area contributed by atoms with Gasteiger partial charge in [-0.1, -0.05) is 23.7 Å². The summed E-state index contributed by atoms with van der Waals surface area (Å²) in [6, 6.07) is 13.0. The molecule has 0 atom stereocenters. The third kappa shape index (κ3) is 3.65. The highest BCUT2D eigenvalue weighted by Gasteiger charge is 2.07. The summed E-state index contributed by atoms with van der Waals surface area (Å²) < 4.78 is 1.51. The molecule has 0 saturated carbocycles. The standard InChI is InChI=1S/C15H8ClI2NO/c16-12-3-1-2-10(7-12)11(8-19)4-9-5-13(17)15(20)14(18)6-9/h1-7,20H/b11-4-. The monoisotopic (exact) mass is 507 g/mol. The van der Waals surface area contributed by atoms with E-state index in [1.807, 2.05) is 24.3 Å². The Morgan fingerprint density at radius 1 is 1.20 bits per heavy atom. The van der Waals surface area contributed by atoms with Crippen LogP contribution < -0.4 is 0 Å². The predicted octanol–water partition coefficient (Wildman–Crippen LogP) is 5.32. The zero-order chi connectivity index (χ0) is 14.7. The van der Waals surface area contributed by atoms with E-state index in [0.717, 1.165) is 18.3 Å². The maximum absolute atomic E-state index is 9.76. The van der Waals surface area contributed by atoms with Gasteiger partial charge >= 0.3 is 0 Å². The van der Waals surface area contributed by atoms with E-state index >= 15 is 0 Å². The lowest BCUT2D eigenvalue weighted by molar-refractivity contribution is 0.467. The molecule has 0 heterocycles. The predicted molar refractivity (Wildman–Crippen MR) is 98.5 cm³/mol. The number of hydrogen-bond donors (Lipinski definition) is 1. The van der Waals surface area contributed by atoms with Gasteiger partial charge in [-0.15, -0.1) is 0 Å². The van der Waals surface area contributed by atoms with E-state index in [-0.39, 0.29) is 5.75 Å². The number of hydrogen-bond acceptors (Lipinski definition) is 2. The molecule has 1 N–H and O–H groups in total. The fourth-order valence-electron chi connectivity index (χ4n) is 1.67. The number of halogens is 3. The van der Waals surface area contributed by atoms with E-state index in [4.69, 9.17) is 11.6 Å². The molecule has 5 heteroatoms. The summed E-state index contributed by atoms with van der Waals surface area (Å²) in [5.74, 6) is 0.268. The van der Waals surface area contributed by atoms with Crippen molar-refractivity contribution in [3.05, 3.63) is 59.7 Å². The quantitative estimate of drug-likeness (QED) is 0.340. The third-order valence-corrected chi connectivity index (χ3v) is 4.49. The van der Waals surface area contributed by atoms with Crippen molar-refractivity contribution in [2.24, 2.45) is 0 Å². The minimum atomic E-state index is 0.268. The van der Waals surface area contributed by atoms with Crippen molar-refractivity contribution in [1.82, 2.24) is 0 Å². The number of rotatable bonds is 2. The van der Waals surface area contributed by atoms with Crippen molar-refractivity contribution in [3.8, 4) is 11.8 Å². The SMILES string of the molecule is N#C/C(=C/c1cc(I)c(O)c(I)c1)c1cccc(Cl)c1. The van der Waals surface area contributed by atoms with Gasteiger partial charge < -0.3 is 5.11 Å². The summed E-state index contributed by atoms with van der Waals surface area (Å²) in [4.78, 5) is 0. The minimum Gasteiger partial charge on any atom is -0.506 e. The summed E-state index contributed by atoms with van der Waals surface area (Å²) in [7, 11) is 0. The largest absolute Gasteiger partial charge is 0.506 e. The van der Waals surface area contributed by atoms with Crippen LogP contribution in [0, 0.1) is 18.5 Å². The van der Waals surface area contributed by atoms with Crippen LogP contribution in [0.15, 0.2) is 36.4 Å². The van der Waals surface area contributed by atoms with Gasteiger partial charge in [0.05, 0.1) is 18.8 Å². The van der Waals surface area contributed by atoms with Crippen LogP contribution in [-0.2, 0) is 0 Å². The average molecular weight is 507 g/mol. The highest BCUT2D eigenvalue weighted by atomic mass is 127. The third-order valence-electron chi connectivity index (χ3n) is 2.61. The van der Waals surface area contributed by atoms with Crippen molar-refractivity contribution >= 4 is 68.4 Å². The lowest BCUT2D eigenvalue weighted by atomic mass is 10.0. The first kappa shape index (κ1) is 15.6. The molecule has 0 spiro atoms. The Hall–Kier alpha value is -0.780. The van der Waals surface area contributed by atoms with E-state index in [0.29, 0.717) is 10.6 Å². The average Bonchev–Trinajstić information content (AvgIpc) is 2.42. The highest BCUT2D eigenvalue weighted by Crippen LogP contribution is 2.29. The highest BCUT2D eigenvalue weighted by molar-refractivity contribution is 14.1. The zero-order valence-electron chi connectivity index (χ0n) is 10.1. The first-order valence-corrected chi connectivity index (χ1v) is 8.10. The fourth-order valence-corrected chi connectivity index (χ4v) is 3.68. The molecule has 0 radical (unpaired) electrons. The van der Waals surface area contributed by atoms with E-state index in [9.17, 15) is 10.4 Å². The molecule has 0 amide bonds. The summed E-state index contributed by atoms with van der Waals surface area (Å²) in [6.07, 6.45) is 1.79. The van der Waals surface area contributed by atoms with Crippen molar-refractivity contribution in [1.29, 1.82) is 5.26 Å². The Kier molecular flexibility index (Phi) is 5.29. The smallest absolute Gasteiger partial charge is 0.142 e. The van der Waals surface area contributed by atoms with Crippen LogP contribution in [0.5, 0.6) is 5.75 Å². The van der Waals surface area contributed by atoms with Crippen LogP contribution in [-0.4, -0.2) is 5.11 Å². The van der Waals surface area contributed by atoms with E-state index in [1.54, 1.807) is 18.2 Å². The van der Waals surface area contributed by atoms with Gasteiger partial charge in [0.2, 0.25) is 0 Å². The molecule has 0 aromatic heterocycles. The number of aromatic hydroxyl groups is 1. The van der Waals surface area contributed by atoms with Gasteiger partial charge in [-0.05, 0) is 86.7 Å². The second-order valence-corrected chi connectivity index (χ2v) is 6.77. The van der Waals surface area contributed by atoms with Crippen molar-refractivity contribution in [2.45, 2.75) is 0 Å². The summed E-state index contributed by atoms with van der Waals surface area (Å²) >= 11 is 10.1. The van der Waals surface area contributed by atoms with Crippen LogP contribution in [0.2, 0.25) is 5.02 Å². The maximum atomic E-state index is 9.76. The van der Waals surface area contributed by atoms with Crippen molar-refractivity contribution in [2.75, 3.05) is 0 Å². The van der Waals surface area contributed by atoms with Crippen LogP contribution in [0.4, 0.5) is 0 Å². The molecule has 100 valence electrons. The molecule has 0 aliphatic carbocycles.